The summed E-state index contributed by atoms with van der Waals surface area (Å²) in [6.07, 6.45) is 1.74. The predicted octanol–water partition coefficient (Wildman–Crippen LogP) is 3.04. The molecule has 0 spiro atoms. The van der Waals surface area contributed by atoms with Crippen LogP contribution in [0.4, 0.5) is 10.1 Å². The fraction of sp³-hybridized carbons (Fsp3) is 0.308. The van der Waals surface area contributed by atoms with Crippen molar-refractivity contribution in [1.82, 2.24) is 9.78 Å². The van der Waals surface area contributed by atoms with Crippen LogP contribution in [0.25, 0.3) is 0 Å². The Kier molecular flexibility index (Phi) is 3.13. The molecule has 0 aliphatic rings. The Morgan fingerprint density at radius 1 is 1.35 bits per heavy atom. The number of nitrogens with zero attached hydrogens (tertiary/aromatic N) is 2. The number of aromatic nitrogens is 2. The summed E-state index contributed by atoms with van der Waals surface area (Å²) in [5, 5.41) is 7.26. The molecule has 0 bridgehead atoms. The van der Waals surface area contributed by atoms with Gasteiger partial charge in [-0.15, -0.1) is 0 Å². The van der Waals surface area contributed by atoms with E-state index in [1.165, 1.54) is 0 Å². The largest absolute Gasteiger partial charge is 0.375 e. The quantitative estimate of drug-likeness (QED) is 0.883. The van der Waals surface area contributed by atoms with Gasteiger partial charge < -0.3 is 5.32 Å². The summed E-state index contributed by atoms with van der Waals surface area (Å²) >= 11 is 0. The van der Waals surface area contributed by atoms with Gasteiger partial charge in [0.2, 0.25) is 0 Å². The lowest BCUT2D eigenvalue weighted by atomic mass is 10.1. The number of rotatable bonds is 3. The van der Waals surface area contributed by atoms with Gasteiger partial charge in [-0.2, -0.15) is 5.10 Å². The van der Waals surface area contributed by atoms with Gasteiger partial charge >= 0.3 is 0 Å². The molecule has 0 radical (unpaired) electrons. The first-order chi connectivity index (χ1) is 8.09. The van der Waals surface area contributed by atoms with Crippen LogP contribution in [-0.4, -0.2) is 9.78 Å². The Balaban J connectivity index is 2.22. The Labute approximate surface area is 100 Å². The summed E-state index contributed by atoms with van der Waals surface area (Å²) in [6, 6.07) is 7.28. The van der Waals surface area contributed by atoms with Gasteiger partial charge in [0.25, 0.3) is 0 Å². The number of aryl methyl sites for hydroxylation is 2. The van der Waals surface area contributed by atoms with Crippen molar-refractivity contribution in [2.75, 3.05) is 5.32 Å². The molecule has 4 heteroatoms. The number of halogens is 1. The standard InChI is InChI=1S/C13H16FN3/c1-9-5-4-6-11(13(9)14)16-10(2)12-7-8-15-17(12)3/h4-8,10,16H,1-3H3. The first kappa shape index (κ1) is 11.6. The maximum absolute atomic E-state index is 13.8. The fourth-order valence-electron chi connectivity index (χ4n) is 1.87. The molecule has 1 aromatic heterocycles. The van der Waals surface area contributed by atoms with E-state index in [-0.39, 0.29) is 11.9 Å². The van der Waals surface area contributed by atoms with Crippen molar-refractivity contribution >= 4 is 5.69 Å². The van der Waals surface area contributed by atoms with E-state index in [0.717, 1.165) is 5.69 Å². The van der Waals surface area contributed by atoms with E-state index < -0.39 is 0 Å². The number of hydrogen-bond acceptors (Lipinski definition) is 2. The third-order valence-electron chi connectivity index (χ3n) is 2.87. The highest BCUT2D eigenvalue weighted by atomic mass is 19.1. The molecule has 0 aliphatic carbocycles. The Morgan fingerprint density at radius 2 is 2.12 bits per heavy atom. The molecule has 0 amide bonds. The van der Waals surface area contributed by atoms with Gasteiger partial charge in [0.05, 0.1) is 17.4 Å². The van der Waals surface area contributed by atoms with Gasteiger partial charge in [-0.3, -0.25) is 4.68 Å². The van der Waals surface area contributed by atoms with Crippen LogP contribution >= 0.6 is 0 Å². The highest BCUT2D eigenvalue weighted by Crippen LogP contribution is 2.22. The average molecular weight is 233 g/mol. The zero-order valence-electron chi connectivity index (χ0n) is 10.2. The third-order valence-corrected chi connectivity index (χ3v) is 2.87. The zero-order chi connectivity index (χ0) is 12.4. The molecule has 1 unspecified atom stereocenters. The van der Waals surface area contributed by atoms with Gasteiger partial charge in [0.15, 0.2) is 0 Å². The minimum Gasteiger partial charge on any atom is -0.375 e. The minimum absolute atomic E-state index is 0.0128. The summed E-state index contributed by atoms with van der Waals surface area (Å²) in [7, 11) is 1.88. The van der Waals surface area contributed by atoms with Gasteiger partial charge in [0, 0.05) is 13.2 Å². The van der Waals surface area contributed by atoms with Crippen molar-refractivity contribution < 1.29 is 4.39 Å². The molecule has 0 saturated carbocycles. The van der Waals surface area contributed by atoms with E-state index in [4.69, 9.17) is 0 Å². The van der Waals surface area contributed by atoms with Gasteiger partial charge in [-0.1, -0.05) is 12.1 Å². The smallest absolute Gasteiger partial charge is 0.149 e. The van der Waals surface area contributed by atoms with E-state index in [1.54, 1.807) is 29.9 Å². The lowest BCUT2D eigenvalue weighted by Gasteiger charge is -2.16. The summed E-state index contributed by atoms with van der Waals surface area (Å²) < 4.78 is 15.6. The molecule has 17 heavy (non-hydrogen) atoms. The van der Waals surface area contributed by atoms with Crippen molar-refractivity contribution in [2.45, 2.75) is 19.9 Å². The molecule has 1 aromatic carbocycles. The monoisotopic (exact) mass is 233 g/mol. The number of anilines is 1. The lowest BCUT2D eigenvalue weighted by molar-refractivity contribution is 0.614. The van der Waals surface area contributed by atoms with Crippen LogP contribution in [0.5, 0.6) is 0 Å². The highest BCUT2D eigenvalue weighted by molar-refractivity contribution is 5.48. The van der Waals surface area contributed by atoms with Crippen LogP contribution < -0.4 is 5.32 Å². The first-order valence-electron chi connectivity index (χ1n) is 5.59. The van der Waals surface area contributed by atoms with Crippen LogP contribution in [0.3, 0.4) is 0 Å². The van der Waals surface area contributed by atoms with Crippen LogP contribution in [0.2, 0.25) is 0 Å². The van der Waals surface area contributed by atoms with Crippen molar-refractivity contribution in [3.05, 3.63) is 47.5 Å². The molecule has 2 rings (SSSR count). The molecule has 1 N–H and O–H groups in total. The van der Waals surface area contributed by atoms with Crippen molar-refractivity contribution in [2.24, 2.45) is 7.05 Å². The maximum Gasteiger partial charge on any atom is 0.149 e. The second-order valence-electron chi connectivity index (χ2n) is 4.18. The summed E-state index contributed by atoms with van der Waals surface area (Å²) in [5.41, 5.74) is 2.19. The molecule has 1 heterocycles. The molecular weight excluding hydrogens is 217 g/mol. The van der Waals surface area contributed by atoms with Crippen molar-refractivity contribution in [1.29, 1.82) is 0 Å². The topological polar surface area (TPSA) is 29.9 Å². The van der Waals surface area contributed by atoms with E-state index in [0.29, 0.717) is 11.3 Å². The van der Waals surface area contributed by atoms with Crippen LogP contribution in [0.15, 0.2) is 30.5 Å². The average Bonchev–Trinajstić information content (AvgIpc) is 2.71. The summed E-state index contributed by atoms with van der Waals surface area (Å²) in [6.45, 7) is 3.74. The zero-order valence-corrected chi connectivity index (χ0v) is 10.2. The van der Waals surface area contributed by atoms with E-state index in [2.05, 4.69) is 10.4 Å². The maximum atomic E-state index is 13.8. The van der Waals surface area contributed by atoms with Crippen LogP contribution in [0, 0.1) is 12.7 Å². The second-order valence-corrected chi connectivity index (χ2v) is 4.18. The van der Waals surface area contributed by atoms with Crippen molar-refractivity contribution in [3.8, 4) is 0 Å². The fourth-order valence-corrected chi connectivity index (χ4v) is 1.87. The Morgan fingerprint density at radius 3 is 2.76 bits per heavy atom. The molecule has 0 saturated heterocycles. The van der Waals surface area contributed by atoms with Crippen LogP contribution in [-0.2, 0) is 7.05 Å². The normalized spacial score (nSPS) is 12.5. The van der Waals surface area contributed by atoms with Crippen LogP contribution in [0.1, 0.15) is 24.2 Å². The Bertz CT molecular complexity index is 519. The lowest BCUT2D eigenvalue weighted by Crippen LogP contribution is -2.12. The molecule has 1 atom stereocenters. The number of benzene rings is 1. The van der Waals surface area contributed by atoms with Gasteiger partial charge in [0.1, 0.15) is 5.82 Å². The summed E-state index contributed by atoms with van der Waals surface area (Å²) in [5.74, 6) is -0.193. The van der Waals surface area contributed by atoms with Gasteiger partial charge in [-0.25, -0.2) is 4.39 Å². The molecule has 0 fully saturated rings. The first-order valence-corrected chi connectivity index (χ1v) is 5.59. The second kappa shape index (κ2) is 4.57. The number of nitrogens with one attached hydrogen (secondary N) is 1. The Hall–Kier alpha value is -1.84. The third kappa shape index (κ3) is 2.30. The van der Waals surface area contributed by atoms with E-state index >= 15 is 0 Å². The van der Waals surface area contributed by atoms with Crippen molar-refractivity contribution in [3.63, 3.8) is 0 Å². The SMILES string of the molecule is Cc1cccc(NC(C)c2ccnn2C)c1F. The summed E-state index contributed by atoms with van der Waals surface area (Å²) in [4.78, 5) is 0. The number of hydrogen-bond donors (Lipinski definition) is 1. The molecular formula is C13H16FN3. The molecule has 90 valence electrons. The minimum atomic E-state index is -0.193. The molecule has 0 aliphatic heterocycles. The van der Waals surface area contributed by atoms with E-state index in [1.807, 2.05) is 26.1 Å². The van der Waals surface area contributed by atoms with Gasteiger partial charge in [-0.05, 0) is 31.5 Å². The van der Waals surface area contributed by atoms with E-state index in [9.17, 15) is 4.39 Å². The molecule has 3 nitrogen and oxygen atoms in total. The predicted molar refractivity (Wildman–Crippen MR) is 66.4 cm³/mol. The highest BCUT2D eigenvalue weighted by Gasteiger charge is 2.12. The molecule has 2 aromatic rings.